The molecule has 0 bridgehead atoms. The van der Waals surface area contributed by atoms with Crippen molar-refractivity contribution in [3.05, 3.63) is 59.4 Å². The largest absolute Gasteiger partial charge is 0.483 e. The van der Waals surface area contributed by atoms with Crippen LogP contribution in [0, 0.1) is 5.82 Å². The Morgan fingerprint density at radius 2 is 2.00 bits per heavy atom. The van der Waals surface area contributed by atoms with Crippen molar-refractivity contribution >= 4 is 17.4 Å². The van der Waals surface area contributed by atoms with Crippen molar-refractivity contribution in [2.45, 2.75) is 19.3 Å². The van der Waals surface area contributed by atoms with Crippen molar-refractivity contribution in [2.24, 2.45) is 0 Å². The smallest absolute Gasteiger partial charge is 0.262 e. The molecular formula is C18H16FNO3. The number of carbonyl (C=O) groups is 2. The van der Waals surface area contributed by atoms with Crippen LogP contribution in [-0.4, -0.2) is 18.3 Å². The molecule has 0 saturated heterocycles. The van der Waals surface area contributed by atoms with Gasteiger partial charge in [-0.1, -0.05) is 25.1 Å². The molecule has 118 valence electrons. The van der Waals surface area contributed by atoms with Gasteiger partial charge in [0.2, 0.25) is 0 Å². The fraction of sp³-hybridized carbons (Fsp3) is 0.222. The van der Waals surface area contributed by atoms with Gasteiger partial charge in [-0.15, -0.1) is 0 Å². The van der Waals surface area contributed by atoms with Crippen molar-refractivity contribution in [1.29, 1.82) is 0 Å². The summed E-state index contributed by atoms with van der Waals surface area (Å²) in [5.74, 6) is -0.796. The minimum Gasteiger partial charge on any atom is -0.483 e. The van der Waals surface area contributed by atoms with Gasteiger partial charge >= 0.3 is 0 Å². The number of para-hydroxylation sites is 1. The van der Waals surface area contributed by atoms with E-state index in [-0.39, 0.29) is 41.9 Å². The number of hydrogen-bond donors (Lipinski definition) is 1. The lowest BCUT2D eigenvalue weighted by Crippen LogP contribution is -2.20. The van der Waals surface area contributed by atoms with Crippen molar-refractivity contribution in [3.8, 4) is 5.75 Å². The third-order valence-electron chi connectivity index (χ3n) is 3.83. The molecule has 1 amide bonds. The molecule has 0 saturated carbocycles. The normalized spacial score (nSPS) is 16.1. The van der Waals surface area contributed by atoms with Crippen LogP contribution >= 0.6 is 0 Å². The van der Waals surface area contributed by atoms with E-state index in [2.05, 4.69) is 5.32 Å². The molecule has 23 heavy (non-hydrogen) atoms. The zero-order chi connectivity index (χ0) is 16.4. The molecule has 3 rings (SSSR count). The number of benzene rings is 2. The lowest BCUT2D eigenvalue weighted by molar-refractivity contribution is -0.118. The van der Waals surface area contributed by atoms with E-state index < -0.39 is 5.82 Å². The quantitative estimate of drug-likeness (QED) is 0.939. The highest BCUT2D eigenvalue weighted by Gasteiger charge is 2.32. The Kier molecular flexibility index (Phi) is 4.10. The second kappa shape index (κ2) is 6.20. The first kappa shape index (κ1) is 15.2. The van der Waals surface area contributed by atoms with Crippen LogP contribution in [0.4, 0.5) is 10.1 Å². The average Bonchev–Trinajstić information content (AvgIpc) is 2.84. The zero-order valence-electron chi connectivity index (χ0n) is 12.6. The number of hydrogen-bond acceptors (Lipinski definition) is 3. The summed E-state index contributed by atoms with van der Waals surface area (Å²) in [4.78, 5) is 23.9. The maximum atomic E-state index is 13.9. The zero-order valence-corrected chi connectivity index (χ0v) is 12.6. The van der Waals surface area contributed by atoms with Gasteiger partial charge in [-0.05, 0) is 30.2 Å². The fourth-order valence-corrected chi connectivity index (χ4v) is 2.81. The van der Waals surface area contributed by atoms with Gasteiger partial charge in [0, 0.05) is 17.7 Å². The molecule has 0 radical (unpaired) electrons. The molecule has 1 N–H and O–H groups in total. The summed E-state index contributed by atoms with van der Waals surface area (Å²) in [7, 11) is 0. The number of ether oxygens (including phenoxy) is 1. The summed E-state index contributed by atoms with van der Waals surface area (Å²) in [5, 5.41) is 2.69. The van der Waals surface area contributed by atoms with Crippen molar-refractivity contribution in [1.82, 2.24) is 0 Å². The lowest BCUT2D eigenvalue weighted by atomic mass is 10.0. The molecule has 0 spiro atoms. The molecule has 1 aliphatic rings. The Hall–Kier alpha value is -2.69. The number of amides is 1. The summed E-state index contributed by atoms with van der Waals surface area (Å²) in [6, 6.07) is 11.7. The maximum absolute atomic E-state index is 13.9. The standard InChI is InChI=1S/C18H16FNO3/c1-11-9-14(21)18-15(8-7-13(19)17(11)18)23-10-16(22)20-12-5-3-2-4-6-12/h2-8,11H,9-10H2,1H3,(H,20,22). The predicted octanol–water partition coefficient (Wildman–Crippen LogP) is 3.53. The van der Waals surface area contributed by atoms with Crippen LogP contribution in [0.1, 0.15) is 35.2 Å². The van der Waals surface area contributed by atoms with Crippen LogP contribution in [0.3, 0.4) is 0 Å². The van der Waals surface area contributed by atoms with E-state index in [0.717, 1.165) is 0 Å². The first-order valence-electron chi connectivity index (χ1n) is 7.39. The monoisotopic (exact) mass is 313 g/mol. The Bertz CT molecular complexity index is 758. The highest BCUT2D eigenvalue weighted by Crippen LogP contribution is 2.39. The predicted molar refractivity (Wildman–Crippen MR) is 84.3 cm³/mol. The molecule has 1 atom stereocenters. The van der Waals surface area contributed by atoms with E-state index in [9.17, 15) is 14.0 Å². The summed E-state index contributed by atoms with van der Waals surface area (Å²) in [6.45, 7) is 1.56. The van der Waals surface area contributed by atoms with Crippen molar-refractivity contribution in [2.75, 3.05) is 11.9 Å². The van der Waals surface area contributed by atoms with Gasteiger partial charge in [0.25, 0.3) is 5.91 Å². The van der Waals surface area contributed by atoms with Crippen LogP contribution < -0.4 is 10.1 Å². The number of rotatable bonds is 4. The Balaban J connectivity index is 1.72. The molecule has 0 aliphatic heterocycles. The van der Waals surface area contributed by atoms with Crippen LogP contribution in [0.2, 0.25) is 0 Å². The number of halogens is 1. The van der Waals surface area contributed by atoms with Crippen molar-refractivity contribution in [3.63, 3.8) is 0 Å². The minimum atomic E-state index is -0.403. The topological polar surface area (TPSA) is 55.4 Å². The summed E-state index contributed by atoms with van der Waals surface area (Å²) < 4.78 is 19.4. The maximum Gasteiger partial charge on any atom is 0.262 e. The Morgan fingerprint density at radius 3 is 2.74 bits per heavy atom. The second-order valence-corrected chi connectivity index (χ2v) is 5.57. The van der Waals surface area contributed by atoms with Gasteiger partial charge in [0.1, 0.15) is 11.6 Å². The van der Waals surface area contributed by atoms with Crippen LogP contribution in [0.25, 0.3) is 0 Å². The molecule has 0 heterocycles. The van der Waals surface area contributed by atoms with Gasteiger partial charge in [-0.3, -0.25) is 9.59 Å². The fourth-order valence-electron chi connectivity index (χ4n) is 2.81. The van der Waals surface area contributed by atoms with E-state index in [1.165, 1.54) is 12.1 Å². The highest BCUT2D eigenvalue weighted by molar-refractivity contribution is 6.04. The third-order valence-corrected chi connectivity index (χ3v) is 3.83. The third kappa shape index (κ3) is 3.08. The summed E-state index contributed by atoms with van der Waals surface area (Å²) >= 11 is 0. The van der Waals surface area contributed by atoms with E-state index in [1.54, 1.807) is 19.1 Å². The molecule has 5 heteroatoms. The van der Waals surface area contributed by atoms with E-state index in [4.69, 9.17) is 4.74 Å². The van der Waals surface area contributed by atoms with Crippen LogP contribution in [0.5, 0.6) is 5.75 Å². The first-order valence-corrected chi connectivity index (χ1v) is 7.39. The molecule has 1 aliphatic carbocycles. The molecule has 0 fully saturated rings. The van der Waals surface area contributed by atoms with E-state index >= 15 is 0 Å². The number of carbonyl (C=O) groups excluding carboxylic acids is 2. The molecule has 4 nitrogen and oxygen atoms in total. The van der Waals surface area contributed by atoms with Gasteiger partial charge in [0.15, 0.2) is 12.4 Å². The average molecular weight is 313 g/mol. The molecular weight excluding hydrogens is 297 g/mol. The van der Waals surface area contributed by atoms with Gasteiger partial charge in [-0.2, -0.15) is 0 Å². The Morgan fingerprint density at radius 1 is 1.26 bits per heavy atom. The number of anilines is 1. The molecule has 2 aromatic carbocycles. The number of fused-ring (bicyclic) bond motifs is 1. The van der Waals surface area contributed by atoms with Gasteiger partial charge < -0.3 is 10.1 Å². The summed E-state index contributed by atoms with van der Waals surface area (Å²) in [6.07, 6.45) is 0.267. The van der Waals surface area contributed by atoms with Gasteiger partial charge in [-0.25, -0.2) is 4.39 Å². The number of nitrogens with one attached hydrogen (secondary N) is 1. The molecule has 2 aromatic rings. The summed E-state index contributed by atoms with van der Waals surface area (Å²) in [5.41, 5.74) is 1.32. The molecule has 0 aromatic heterocycles. The minimum absolute atomic E-state index is 0.148. The second-order valence-electron chi connectivity index (χ2n) is 5.57. The van der Waals surface area contributed by atoms with E-state index in [0.29, 0.717) is 11.3 Å². The number of Topliss-reactive ketones (excluding diaryl/α,β-unsaturated/α-hetero) is 1. The highest BCUT2D eigenvalue weighted by atomic mass is 19.1. The SMILES string of the molecule is CC1CC(=O)c2c(OCC(=O)Nc3ccccc3)ccc(F)c21. The molecule has 1 unspecified atom stereocenters. The van der Waals surface area contributed by atoms with Crippen molar-refractivity contribution < 1.29 is 18.7 Å². The van der Waals surface area contributed by atoms with E-state index in [1.807, 2.05) is 18.2 Å². The number of ketones is 1. The first-order chi connectivity index (χ1) is 11.1. The lowest BCUT2D eigenvalue weighted by Gasteiger charge is -2.12. The van der Waals surface area contributed by atoms with Crippen LogP contribution in [-0.2, 0) is 4.79 Å². The Labute approximate surface area is 133 Å². The van der Waals surface area contributed by atoms with Crippen LogP contribution in [0.15, 0.2) is 42.5 Å². The van der Waals surface area contributed by atoms with Gasteiger partial charge in [0.05, 0.1) is 5.56 Å².